The molecule has 0 spiro atoms. The maximum Gasteiger partial charge on any atom is 0.336 e. The molecule has 126 valence electrons. The van der Waals surface area contributed by atoms with Gasteiger partial charge in [0, 0.05) is 24.5 Å². The van der Waals surface area contributed by atoms with E-state index in [4.69, 9.17) is 4.42 Å². The molecule has 0 radical (unpaired) electrons. The van der Waals surface area contributed by atoms with Crippen LogP contribution in [-0.2, 0) is 10.0 Å². The first-order valence-electron chi connectivity index (χ1n) is 7.74. The Hall–Kier alpha value is -1.66. The van der Waals surface area contributed by atoms with Gasteiger partial charge in [0.1, 0.15) is 5.58 Å². The van der Waals surface area contributed by atoms with Crippen LogP contribution >= 0.6 is 0 Å². The fourth-order valence-corrected chi connectivity index (χ4v) is 4.25. The smallest absolute Gasteiger partial charge is 0.336 e. The molecule has 0 aliphatic carbocycles. The maximum atomic E-state index is 12.9. The summed E-state index contributed by atoms with van der Waals surface area (Å²) in [5, 5.41) is 0.597. The second kappa shape index (κ2) is 6.84. The number of fused-ring (bicyclic) bond motifs is 1. The number of sulfonamides is 1. The molecule has 1 heterocycles. The molecule has 0 saturated heterocycles. The molecule has 5 nitrogen and oxygen atoms in total. The molecule has 1 aromatic heterocycles. The molecule has 0 unspecified atom stereocenters. The van der Waals surface area contributed by atoms with Crippen molar-refractivity contribution in [3.63, 3.8) is 0 Å². The van der Waals surface area contributed by atoms with E-state index in [1.807, 2.05) is 27.7 Å². The average molecular weight is 337 g/mol. The minimum absolute atomic E-state index is 0.222. The molecule has 0 aliphatic rings. The summed E-state index contributed by atoms with van der Waals surface area (Å²) in [6.45, 7) is 8.94. The summed E-state index contributed by atoms with van der Waals surface area (Å²) >= 11 is 0. The van der Waals surface area contributed by atoms with Gasteiger partial charge in [-0.2, -0.15) is 4.31 Å². The van der Waals surface area contributed by atoms with Crippen LogP contribution in [0, 0.1) is 11.8 Å². The first kappa shape index (κ1) is 17.7. The Bertz CT molecular complexity index is 827. The van der Waals surface area contributed by atoms with Gasteiger partial charge in [-0.3, -0.25) is 0 Å². The molecular weight excluding hydrogens is 314 g/mol. The van der Waals surface area contributed by atoms with Crippen LogP contribution in [0.2, 0.25) is 0 Å². The van der Waals surface area contributed by atoms with Gasteiger partial charge in [-0.1, -0.05) is 27.7 Å². The lowest BCUT2D eigenvalue weighted by Crippen LogP contribution is -2.37. The van der Waals surface area contributed by atoms with Gasteiger partial charge in [-0.05, 0) is 36.1 Å². The van der Waals surface area contributed by atoms with Crippen LogP contribution in [0.1, 0.15) is 27.7 Å². The van der Waals surface area contributed by atoms with Crippen molar-refractivity contribution in [1.29, 1.82) is 0 Å². The Labute approximate surface area is 137 Å². The number of benzene rings is 1. The van der Waals surface area contributed by atoms with Crippen molar-refractivity contribution < 1.29 is 12.8 Å². The normalized spacial score (nSPS) is 12.7. The number of hydrogen-bond donors (Lipinski definition) is 0. The van der Waals surface area contributed by atoms with Gasteiger partial charge in [0.15, 0.2) is 0 Å². The summed E-state index contributed by atoms with van der Waals surface area (Å²) in [6.07, 6.45) is 0. The average Bonchev–Trinajstić information content (AvgIpc) is 2.44. The highest BCUT2D eigenvalue weighted by Gasteiger charge is 2.26. The number of rotatable bonds is 6. The fraction of sp³-hybridized carbons (Fsp3) is 0.471. The lowest BCUT2D eigenvalue weighted by atomic mass is 10.2. The Morgan fingerprint density at radius 1 is 1.00 bits per heavy atom. The molecule has 0 atom stereocenters. The Morgan fingerprint density at radius 2 is 1.61 bits per heavy atom. The highest BCUT2D eigenvalue weighted by atomic mass is 32.2. The minimum Gasteiger partial charge on any atom is -0.423 e. The minimum atomic E-state index is -3.58. The molecule has 6 heteroatoms. The zero-order valence-corrected chi connectivity index (χ0v) is 14.8. The molecule has 0 aliphatic heterocycles. The second-order valence-electron chi connectivity index (χ2n) is 6.56. The Morgan fingerprint density at radius 3 is 2.17 bits per heavy atom. The molecule has 0 bridgehead atoms. The molecule has 23 heavy (non-hydrogen) atoms. The van der Waals surface area contributed by atoms with E-state index in [1.165, 1.54) is 22.5 Å². The van der Waals surface area contributed by atoms with E-state index in [2.05, 4.69) is 0 Å². The zero-order chi connectivity index (χ0) is 17.2. The van der Waals surface area contributed by atoms with Gasteiger partial charge in [0.05, 0.1) is 4.90 Å². The Balaban J connectivity index is 2.47. The predicted octanol–water partition coefficient (Wildman–Crippen LogP) is 3.10. The van der Waals surface area contributed by atoms with Gasteiger partial charge in [0.2, 0.25) is 10.0 Å². The van der Waals surface area contributed by atoms with E-state index in [0.717, 1.165) is 0 Å². The molecule has 0 fully saturated rings. The van der Waals surface area contributed by atoms with Crippen molar-refractivity contribution in [3.8, 4) is 0 Å². The first-order valence-corrected chi connectivity index (χ1v) is 9.18. The SMILES string of the molecule is CC(C)CN(CC(C)C)S(=O)(=O)c1ccc2oc(=O)ccc2c1. The quantitative estimate of drug-likeness (QED) is 0.760. The third-order valence-electron chi connectivity index (χ3n) is 3.37. The van der Waals surface area contributed by atoms with E-state index in [0.29, 0.717) is 24.1 Å². The van der Waals surface area contributed by atoms with Crippen LogP contribution in [-0.4, -0.2) is 25.8 Å². The highest BCUT2D eigenvalue weighted by Crippen LogP contribution is 2.22. The monoisotopic (exact) mass is 337 g/mol. The first-order chi connectivity index (χ1) is 10.7. The van der Waals surface area contributed by atoms with Crippen LogP contribution in [0.5, 0.6) is 0 Å². The number of nitrogens with zero attached hydrogens (tertiary/aromatic N) is 1. The summed E-state index contributed by atoms with van der Waals surface area (Å²) < 4.78 is 32.5. The van der Waals surface area contributed by atoms with Crippen LogP contribution in [0.15, 0.2) is 44.4 Å². The zero-order valence-electron chi connectivity index (χ0n) is 13.9. The molecule has 2 aromatic rings. The molecule has 0 N–H and O–H groups in total. The lowest BCUT2D eigenvalue weighted by molar-refractivity contribution is 0.333. The van der Waals surface area contributed by atoms with Crippen molar-refractivity contribution in [1.82, 2.24) is 4.31 Å². The van der Waals surface area contributed by atoms with E-state index in [1.54, 1.807) is 12.1 Å². The van der Waals surface area contributed by atoms with Gasteiger partial charge >= 0.3 is 5.63 Å². The van der Waals surface area contributed by atoms with E-state index in [-0.39, 0.29) is 16.7 Å². The van der Waals surface area contributed by atoms with Gasteiger partial charge in [0.25, 0.3) is 0 Å². The van der Waals surface area contributed by atoms with Gasteiger partial charge in [-0.15, -0.1) is 0 Å². The summed E-state index contributed by atoms with van der Waals surface area (Å²) in [6, 6.07) is 7.45. The third-order valence-corrected chi connectivity index (χ3v) is 5.19. The largest absolute Gasteiger partial charge is 0.423 e. The molecule has 2 rings (SSSR count). The lowest BCUT2D eigenvalue weighted by Gasteiger charge is -2.25. The standard InChI is InChI=1S/C17H23NO4S/c1-12(2)10-18(11-13(3)4)23(20,21)15-6-7-16-14(9-15)5-8-17(19)22-16/h5-9,12-13H,10-11H2,1-4H3. The van der Waals surface area contributed by atoms with Crippen molar-refractivity contribution in [2.45, 2.75) is 32.6 Å². The Kier molecular flexibility index (Phi) is 5.26. The molecule has 1 aromatic carbocycles. The maximum absolute atomic E-state index is 12.9. The van der Waals surface area contributed by atoms with Crippen molar-refractivity contribution in [2.75, 3.05) is 13.1 Å². The third kappa shape index (κ3) is 4.20. The van der Waals surface area contributed by atoms with E-state index < -0.39 is 15.6 Å². The van der Waals surface area contributed by atoms with Crippen LogP contribution in [0.3, 0.4) is 0 Å². The van der Waals surface area contributed by atoms with Gasteiger partial charge < -0.3 is 4.42 Å². The van der Waals surface area contributed by atoms with Crippen molar-refractivity contribution in [2.24, 2.45) is 11.8 Å². The fourth-order valence-electron chi connectivity index (χ4n) is 2.44. The molecule has 0 amide bonds. The van der Waals surface area contributed by atoms with Crippen LogP contribution in [0.25, 0.3) is 11.0 Å². The highest BCUT2D eigenvalue weighted by molar-refractivity contribution is 7.89. The summed E-state index contributed by atoms with van der Waals surface area (Å²) in [7, 11) is -3.58. The van der Waals surface area contributed by atoms with E-state index >= 15 is 0 Å². The van der Waals surface area contributed by atoms with Crippen molar-refractivity contribution in [3.05, 3.63) is 40.8 Å². The predicted molar refractivity (Wildman–Crippen MR) is 90.9 cm³/mol. The molecular formula is C17H23NO4S. The summed E-state index contributed by atoms with van der Waals surface area (Å²) in [5.41, 5.74) is -0.0648. The van der Waals surface area contributed by atoms with Gasteiger partial charge in [-0.25, -0.2) is 13.2 Å². The van der Waals surface area contributed by atoms with E-state index in [9.17, 15) is 13.2 Å². The second-order valence-corrected chi connectivity index (χ2v) is 8.50. The topological polar surface area (TPSA) is 67.6 Å². The summed E-state index contributed by atoms with van der Waals surface area (Å²) in [4.78, 5) is 11.4. The number of hydrogen-bond acceptors (Lipinski definition) is 4. The van der Waals surface area contributed by atoms with Crippen LogP contribution < -0.4 is 5.63 Å². The molecule has 0 saturated carbocycles. The summed E-state index contributed by atoms with van der Waals surface area (Å²) in [5.74, 6) is 0.476. The van der Waals surface area contributed by atoms with Crippen molar-refractivity contribution >= 4 is 21.0 Å². The van der Waals surface area contributed by atoms with Crippen LogP contribution in [0.4, 0.5) is 0 Å².